The van der Waals surface area contributed by atoms with E-state index in [9.17, 15) is 10.1 Å². The predicted octanol–water partition coefficient (Wildman–Crippen LogP) is 1.07. The first-order valence-corrected chi connectivity index (χ1v) is 4.56. The van der Waals surface area contributed by atoms with Gasteiger partial charge < -0.3 is 5.11 Å². The van der Waals surface area contributed by atoms with Gasteiger partial charge in [0.05, 0.1) is 11.5 Å². The van der Waals surface area contributed by atoms with E-state index in [2.05, 4.69) is 4.98 Å². The van der Waals surface area contributed by atoms with E-state index in [1.54, 1.807) is 0 Å². The van der Waals surface area contributed by atoms with E-state index in [0.717, 1.165) is 0 Å². The van der Waals surface area contributed by atoms with Gasteiger partial charge in [-0.25, -0.2) is 4.98 Å². The zero-order chi connectivity index (χ0) is 9.68. The van der Waals surface area contributed by atoms with Gasteiger partial charge in [-0.1, -0.05) is 0 Å². The highest BCUT2D eigenvalue weighted by molar-refractivity contribution is 7.99. The fourth-order valence-corrected chi connectivity index (χ4v) is 1.38. The summed E-state index contributed by atoms with van der Waals surface area (Å²) in [5.41, 5.74) is 0.0236. The molecule has 1 heterocycles. The second-order valence-corrected chi connectivity index (χ2v) is 3.30. The Hall–Kier alpha value is -1.14. The lowest BCUT2D eigenvalue weighted by Gasteiger charge is -1.97. The molecule has 0 aliphatic carbocycles. The molecule has 1 rings (SSSR count). The van der Waals surface area contributed by atoms with Gasteiger partial charge in [0.25, 0.3) is 5.69 Å². The Labute approximate surface area is 79.0 Å². The van der Waals surface area contributed by atoms with E-state index >= 15 is 0 Å². The van der Waals surface area contributed by atoms with Gasteiger partial charge in [0.15, 0.2) is 0 Å². The highest BCUT2D eigenvalue weighted by Crippen LogP contribution is 2.19. The second kappa shape index (κ2) is 4.78. The molecule has 1 aromatic heterocycles. The largest absolute Gasteiger partial charge is 0.396 e. The van der Waals surface area contributed by atoms with E-state index in [-0.39, 0.29) is 12.3 Å². The lowest BCUT2D eigenvalue weighted by atomic mass is 10.4. The predicted molar refractivity (Wildman–Crippen MR) is 48.7 cm³/mol. The van der Waals surface area contributed by atoms with Crippen molar-refractivity contribution in [2.45, 2.75) is 5.03 Å². The van der Waals surface area contributed by atoms with Crippen molar-refractivity contribution in [2.75, 3.05) is 12.4 Å². The van der Waals surface area contributed by atoms with E-state index in [1.165, 1.54) is 30.1 Å². The normalized spacial score (nSPS) is 9.92. The number of aliphatic hydroxyl groups is 1. The van der Waals surface area contributed by atoms with Crippen LogP contribution in [0.4, 0.5) is 5.69 Å². The number of nitro groups is 1. The van der Waals surface area contributed by atoms with Gasteiger partial charge in [-0.2, -0.15) is 0 Å². The Morgan fingerprint density at radius 3 is 3.08 bits per heavy atom. The molecule has 0 aliphatic rings. The van der Waals surface area contributed by atoms with Crippen molar-refractivity contribution in [2.24, 2.45) is 0 Å². The van der Waals surface area contributed by atoms with Crippen LogP contribution < -0.4 is 0 Å². The van der Waals surface area contributed by atoms with Gasteiger partial charge in [0.1, 0.15) is 5.03 Å². The second-order valence-electron chi connectivity index (χ2n) is 2.18. The van der Waals surface area contributed by atoms with Gasteiger partial charge in [-0.3, -0.25) is 10.1 Å². The molecule has 0 aromatic carbocycles. The molecule has 0 saturated carbocycles. The van der Waals surface area contributed by atoms with Gasteiger partial charge in [-0.15, -0.1) is 11.8 Å². The number of pyridine rings is 1. The molecule has 70 valence electrons. The monoisotopic (exact) mass is 200 g/mol. The maximum Gasteiger partial charge on any atom is 0.273 e. The first-order valence-electron chi connectivity index (χ1n) is 3.58. The molecule has 0 bridgehead atoms. The Morgan fingerprint density at radius 2 is 2.46 bits per heavy atom. The molecule has 0 unspecified atom stereocenters. The average molecular weight is 200 g/mol. The van der Waals surface area contributed by atoms with Crippen molar-refractivity contribution in [3.05, 3.63) is 28.4 Å². The molecule has 6 heteroatoms. The minimum atomic E-state index is -0.468. The summed E-state index contributed by atoms with van der Waals surface area (Å²) in [6, 6.07) is 2.73. The van der Waals surface area contributed by atoms with Crippen LogP contribution in [0.1, 0.15) is 0 Å². The zero-order valence-corrected chi connectivity index (χ0v) is 7.53. The minimum absolute atomic E-state index is 0.0236. The van der Waals surface area contributed by atoms with Crippen LogP contribution in [0.3, 0.4) is 0 Å². The van der Waals surface area contributed by atoms with Gasteiger partial charge in [-0.05, 0) is 0 Å². The molecule has 0 aliphatic heterocycles. The fourth-order valence-electron chi connectivity index (χ4n) is 0.742. The van der Waals surface area contributed by atoms with Crippen LogP contribution in [0, 0.1) is 10.1 Å². The van der Waals surface area contributed by atoms with Gasteiger partial charge >= 0.3 is 0 Å². The standard InChI is InChI=1S/C7H8N2O3S/c10-3-4-13-7-5-6(9(11)12)1-2-8-7/h1-2,5,10H,3-4H2. The van der Waals surface area contributed by atoms with Gasteiger partial charge in [0.2, 0.25) is 0 Å². The number of hydrogen-bond acceptors (Lipinski definition) is 5. The van der Waals surface area contributed by atoms with Crippen molar-refractivity contribution < 1.29 is 10.0 Å². The summed E-state index contributed by atoms with van der Waals surface area (Å²) in [6.45, 7) is 0.0367. The summed E-state index contributed by atoms with van der Waals surface area (Å²) < 4.78 is 0. The highest BCUT2D eigenvalue weighted by atomic mass is 32.2. The fraction of sp³-hybridized carbons (Fsp3) is 0.286. The van der Waals surface area contributed by atoms with E-state index < -0.39 is 4.92 Å². The Kier molecular flexibility index (Phi) is 3.66. The third-order valence-corrected chi connectivity index (χ3v) is 2.18. The summed E-state index contributed by atoms with van der Waals surface area (Å²) in [6.07, 6.45) is 1.39. The molecule has 1 aromatic rings. The lowest BCUT2D eigenvalue weighted by Crippen LogP contribution is -1.91. The summed E-state index contributed by atoms with van der Waals surface area (Å²) in [7, 11) is 0. The number of aromatic nitrogens is 1. The quantitative estimate of drug-likeness (QED) is 0.447. The van der Waals surface area contributed by atoms with Crippen LogP contribution in [0.5, 0.6) is 0 Å². The number of thioether (sulfide) groups is 1. The van der Waals surface area contributed by atoms with Crippen LogP contribution in [-0.2, 0) is 0 Å². The number of nitrogens with zero attached hydrogens (tertiary/aromatic N) is 2. The molecule has 0 spiro atoms. The highest BCUT2D eigenvalue weighted by Gasteiger charge is 2.06. The van der Waals surface area contributed by atoms with Crippen LogP contribution in [-0.4, -0.2) is 27.4 Å². The Bertz CT molecular complexity index is 306. The van der Waals surface area contributed by atoms with Crippen molar-refractivity contribution in [1.29, 1.82) is 0 Å². The first kappa shape index (κ1) is 9.94. The van der Waals surface area contributed by atoms with Crippen molar-refractivity contribution in [3.8, 4) is 0 Å². The summed E-state index contributed by atoms with van der Waals surface area (Å²) >= 11 is 1.29. The van der Waals surface area contributed by atoms with Crippen LogP contribution in [0.25, 0.3) is 0 Å². The SMILES string of the molecule is O=[N+]([O-])c1ccnc(SCCO)c1. The number of rotatable bonds is 4. The molecule has 13 heavy (non-hydrogen) atoms. The molecular formula is C7H8N2O3S. The molecule has 0 fully saturated rings. The minimum Gasteiger partial charge on any atom is -0.396 e. The van der Waals surface area contributed by atoms with Gasteiger partial charge in [0, 0.05) is 24.1 Å². The van der Waals surface area contributed by atoms with E-state index in [0.29, 0.717) is 10.8 Å². The topological polar surface area (TPSA) is 76.3 Å². The van der Waals surface area contributed by atoms with E-state index in [1.807, 2.05) is 0 Å². The zero-order valence-electron chi connectivity index (χ0n) is 6.71. The molecule has 5 nitrogen and oxygen atoms in total. The Balaban J connectivity index is 2.73. The van der Waals surface area contributed by atoms with E-state index in [4.69, 9.17) is 5.11 Å². The van der Waals surface area contributed by atoms with Crippen molar-refractivity contribution in [3.63, 3.8) is 0 Å². The average Bonchev–Trinajstić information content (AvgIpc) is 2.15. The lowest BCUT2D eigenvalue weighted by molar-refractivity contribution is -0.385. The first-order chi connectivity index (χ1) is 6.24. The Morgan fingerprint density at radius 1 is 1.69 bits per heavy atom. The molecular weight excluding hydrogens is 192 g/mol. The van der Waals surface area contributed by atoms with Crippen LogP contribution in [0.2, 0.25) is 0 Å². The number of aliphatic hydroxyl groups excluding tert-OH is 1. The molecule has 0 saturated heterocycles. The van der Waals surface area contributed by atoms with Crippen molar-refractivity contribution in [1.82, 2.24) is 4.98 Å². The maximum absolute atomic E-state index is 10.3. The maximum atomic E-state index is 10.3. The third kappa shape index (κ3) is 3.00. The summed E-state index contributed by atoms with van der Waals surface area (Å²) in [5.74, 6) is 0.494. The number of hydrogen-bond donors (Lipinski definition) is 1. The molecule has 0 amide bonds. The smallest absolute Gasteiger partial charge is 0.273 e. The third-order valence-electron chi connectivity index (χ3n) is 1.27. The van der Waals surface area contributed by atoms with Crippen molar-refractivity contribution >= 4 is 17.4 Å². The summed E-state index contributed by atoms with van der Waals surface area (Å²) in [4.78, 5) is 13.8. The molecule has 0 radical (unpaired) electrons. The molecule has 1 N–H and O–H groups in total. The van der Waals surface area contributed by atoms with Crippen LogP contribution in [0.15, 0.2) is 23.4 Å². The summed E-state index contributed by atoms with van der Waals surface area (Å²) in [5, 5.41) is 19.4. The van der Waals surface area contributed by atoms with Crippen LogP contribution >= 0.6 is 11.8 Å². The molecule has 0 atom stereocenters.